The van der Waals surface area contributed by atoms with Gasteiger partial charge in [0, 0.05) is 23.2 Å². The SMILES string of the molecule is CN(C(=O)c1ccc(=O)[nH]n1)c1nnc(-c2ccc(Br)cc2)s1. The molecule has 9 heteroatoms. The summed E-state index contributed by atoms with van der Waals surface area (Å²) in [5.74, 6) is -0.375. The Hall–Kier alpha value is -2.39. The van der Waals surface area contributed by atoms with Gasteiger partial charge in [0.05, 0.1) is 0 Å². The largest absolute Gasteiger partial charge is 0.284 e. The number of benzene rings is 1. The summed E-state index contributed by atoms with van der Waals surface area (Å²) in [7, 11) is 1.58. The third-order valence-electron chi connectivity index (χ3n) is 3.00. The molecule has 0 saturated heterocycles. The second-order valence-corrected chi connectivity index (χ2v) is 6.44. The van der Waals surface area contributed by atoms with Crippen molar-refractivity contribution in [3.63, 3.8) is 0 Å². The Bertz CT molecular complexity index is 886. The molecule has 0 unspecified atom stereocenters. The molecule has 0 bridgehead atoms. The van der Waals surface area contributed by atoms with Gasteiger partial charge in [-0.15, -0.1) is 10.2 Å². The lowest BCUT2D eigenvalue weighted by Crippen LogP contribution is -2.28. The summed E-state index contributed by atoms with van der Waals surface area (Å²) in [5.41, 5.74) is 0.685. The smallest absolute Gasteiger partial charge is 0.280 e. The van der Waals surface area contributed by atoms with Gasteiger partial charge in [0.1, 0.15) is 10.7 Å². The van der Waals surface area contributed by atoms with Crippen LogP contribution in [0.15, 0.2) is 45.7 Å². The molecule has 7 nitrogen and oxygen atoms in total. The van der Waals surface area contributed by atoms with E-state index in [1.165, 1.54) is 28.4 Å². The fourth-order valence-corrected chi connectivity index (χ4v) is 2.86. The summed E-state index contributed by atoms with van der Waals surface area (Å²) in [4.78, 5) is 24.7. The third kappa shape index (κ3) is 3.35. The topological polar surface area (TPSA) is 91.8 Å². The Balaban J connectivity index is 1.84. The van der Waals surface area contributed by atoms with E-state index in [1.807, 2.05) is 24.3 Å². The second-order valence-electron chi connectivity index (χ2n) is 4.57. The van der Waals surface area contributed by atoms with E-state index >= 15 is 0 Å². The second kappa shape index (κ2) is 6.39. The Morgan fingerprint density at radius 1 is 1.17 bits per heavy atom. The van der Waals surface area contributed by atoms with E-state index in [4.69, 9.17) is 0 Å². The van der Waals surface area contributed by atoms with Crippen LogP contribution in [0.5, 0.6) is 0 Å². The number of carbonyl (C=O) groups is 1. The number of amides is 1. The molecule has 1 amide bonds. The van der Waals surface area contributed by atoms with Gasteiger partial charge in [-0.2, -0.15) is 5.10 Å². The molecule has 0 aliphatic heterocycles. The average molecular weight is 392 g/mol. The lowest BCUT2D eigenvalue weighted by molar-refractivity contribution is 0.0987. The maximum Gasteiger partial charge on any atom is 0.280 e. The van der Waals surface area contributed by atoms with Crippen molar-refractivity contribution in [2.75, 3.05) is 11.9 Å². The zero-order chi connectivity index (χ0) is 16.4. The van der Waals surface area contributed by atoms with Crippen LogP contribution < -0.4 is 10.5 Å². The van der Waals surface area contributed by atoms with Crippen LogP contribution >= 0.6 is 27.3 Å². The van der Waals surface area contributed by atoms with E-state index in [2.05, 4.69) is 36.3 Å². The number of hydrogen-bond donors (Lipinski definition) is 1. The standard InChI is InChI=1S/C14H10BrN5O2S/c1-20(13(22)10-6-7-11(21)17-16-10)14-19-18-12(23-14)8-2-4-9(15)5-3-8/h2-7H,1H3,(H,17,21). The minimum Gasteiger partial charge on any atom is -0.284 e. The molecule has 0 aliphatic rings. The minimum absolute atomic E-state index is 0.132. The Labute approximate surface area is 143 Å². The zero-order valence-corrected chi connectivity index (χ0v) is 14.3. The summed E-state index contributed by atoms with van der Waals surface area (Å²) in [6.45, 7) is 0. The number of H-pyrrole nitrogens is 1. The average Bonchev–Trinajstić information content (AvgIpc) is 3.05. The van der Waals surface area contributed by atoms with E-state index in [-0.39, 0.29) is 17.2 Å². The Kier molecular flexibility index (Phi) is 4.30. The molecule has 1 N–H and O–H groups in total. The first kappa shape index (κ1) is 15.5. The molecule has 0 saturated carbocycles. The third-order valence-corrected chi connectivity index (χ3v) is 4.57. The zero-order valence-electron chi connectivity index (χ0n) is 11.9. The molecule has 2 heterocycles. The van der Waals surface area contributed by atoms with E-state index in [0.717, 1.165) is 10.0 Å². The number of hydrogen-bond acceptors (Lipinski definition) is 6. The van der Waals surface area contributed by atoms with Crippen molar-refractivity contribution in [2.45, 2.75) is 0 Å². The lowest BCUT2D eigenvalue weighted by Gasteiger charge is -2.11. The van der Waals surface area contributed by atoms with Crippen molar-refractivity contribution in [1.29, 1.82) is 0 Å². The Morgan fingerprint density at radius 2 is 1.91 bits per heavy atom. The first-order valence-corrected chi connectivity index (χ1v) is 8.09. The molecule has 1 aromatic carbocycles. The van der Waals surface area contributed by atoms with Crippen LogP contribution in [0, 0.1) is 0 Å². The Morgan fingerprint density at radius 3 is 2.57 bits per heavy atom. The fraction of sp³-hybridized carbons (Fsp3) is 0.0714. The summed E-state index contributed by atoms with van der Waals surface area (Å²) >= 11 is 4.67. The van der Waals surface area contributed by atoms with Gasteiger partial charge >= 0.3 is 0 Å². The van der Waals surface area contributed by atoms with Crippen LogP contribution in [0.3, 0.4) is 0 Å². The van der Waals surface area contributed by atoms with E-state index in [1.54, 1.807) is 7.05 Å². The maximum absolute atomic E-state index is 12.3. The first-order chi connectivity index (χ1) is 11.0. The molecule has 0 spiro atoms. The van der Waals surface area contributed by atoms with Crippen molar-refractivity contribution in [2.24, 2.45) is 0 Å². The lowest BCUT2D eigenvalue weighted by atomic mass is 10.2. The van der Waals surface area contributed by atoms with Crippen molar-refractivity contribution in [3.8, 4) is 10.6 Å². The predicted molar refractivity (Wildman–Crippen MR) is 90.6 cm³/mol. The number of aromatic nitrogens is 4. The van der Waals surface area contributed by atoms with Gasteiger partial charge in [-0.05, 0) is 18.2 Å². The van der Waals surface area contributed by atoms with Gasteiger partial charge in [-0.3, -0.25) is 14.5 Å². The van der Waals surface area contributed by atoms with Crippen LogP contribution in [-0.4, -0.2) is 33.3 Å². The van der Waals surface area contributed by atoms with Gasteiger partial charge in [0.2, 0.25) is 5.13 Å². The number of halogens is 1. The van der Waals surface area contributed by atoms with Crippen molar-refractivity contribution in [1.82, 2.24) is 20.4 Å². The van der Waals surface area contributed by atoms with E-state index < -0.39 is 0 Å². The van der Waals surface area contributed by atoms with Gasteiger partial charge < -0.3 is 0 Å². The fourth-order valence-electron chi connectivity index (χ4n) is 1.78. The monoisotopic (exact) mass is 391 g/mol. The van der Waals surface area contributed by atoms with Crippen LogP contribution in [-0.2, 0) is 0 Å². The quantitative estimate of drug-likeness (QED) is 0.739. The summed E-state index contributed by atoms with van der Waals surface area (Å²) in [6, 6.07) is 10.3. The number of aromatic amines is 1. The highest BCUT2D eigenvalue weighted by molar-refractivity contribution is 9.10. The van der Waals surface area contributed by atoms with Crippen molar-refractivity contribution < 1.29 is 4.79 Å². The minimum atomic E-state index is -0.375. The van der Waals surface area contributed by atoms with Gasteiger partial charge in [0.25, 0.3) is 11.5 Å². The number of carbonyl (C=O) groups excluding carboxylic acids is 1. The molecule has 0 fully saturated rings. The first-order valence-electron chi connectivity index (χ1n) is 6.48. The summed E-state index contributed by atoms with van der Waals surface area (Å²) < 4.78 is 0.974. The molecular weight excluding hydrogens is 382 g/mol. The van der Waals surface area contributed by atoms with Crippen LogP contribution in [0.4, 0.5) is 5.13 Å². The highest BCUT2D eigenvalue weighted by Gasteiger charge is 2.19. The van der Waals surface area contributed by atoms with Crippen LogP contribution in [0.1, 0.15) is 10.5 Å². The molecule has 3 aromatic rings. The molecule has 0 radical (unpaired) electrons. The predicted octanol–water partition coefficient (Wildman–Crippen LogP) is 2.33. The van der Waals surface area contributed by atoms with Crippen molar-refractivity contribution >= 4 is 38.3 Å². The molecule has 3 rings (SSSR count). The summed E-state index contributed by atoms with van der Waals surface area (Å²) in [5, 5.41) is 15.3. The molecule has 0 aliphatic carbocycles. The van der Waals surface area contributed by atoms with E-state index in [0.29, 0.717) is 10.1 Å². The number of rotatable bonds is 3. The van der Waals surface area contributed by atoms with Gasteiger partial charge in [-0.25, -0.2) is 5.10 Å². The number of nitrogens with one attached hydrogen (secondary N) is 1. The molecule has 2 aromatic heterocycles. The molecule has 23 heavy (non-hydrogen) atoms. The summed E-state index contributed by atoms with van der Waals surface area (Å²) in [6.07, 6.45) is 0. The molecular formula is C14H10BrN5O2S. The van der Waals surface area contributed by atoms with Crippen LogP contribution in [0.2, 0.25) is 0 Å². The highest BCUT2D eigenvalue weighted by atomic mass is 79.9. The van der Waals surface area contributed by atoms with E-state index in [9.17, 15) is 9.59 Å². The van der Waals surface area contributed by atoms with Crippen molar-refractivity contribution in [3.05, 3.63) is 56.9 Å². The molecule has 116 valence electrons. The van der Waals surface area contributed by atoms with Crippen LogP contribution in [0.25, 0.3) is 10.6 Å². The maximum atomic E-state index is 12.3. The highest BCUT2D eigenvalue weighted by Crippen LogP contribution is 2.29. The molecule has 0 atom stereocenters. The number of nitrogens with zero attached hydrogens (tertiary/aromatic N) is 4. The van der Waals surface area contributed by atoms with Gasteiger partial charge in [0.15, 0.2) is 0 Å². The van der Waals surface area contributed by atoms with Gasteiger partial charge in [-0.1, -0.05) is 39.4 Å². The number of anilines is 1. The normalized spacial score (nSPS) is 10.5.